The molecule has 0 radical (unpaired) electrons. The minimum atomic E-state index is 0.0308. The summed E-state index contributed by atoms with van der Waals surface area (Å²) >= 11 is 1.96. The molecule has 0 bridgehead atoms. The molecule has 0 saturated carbocycles. The van der Waals surface area contributed by atoms with E-state index in [0.29, 0.717) is 6.04 Å². The van der Waals surface area contributed by atoms with E-state index in [1.165, 1.54) is 10.4 Å². The monoisotopic (exact) mass is 237 g/mol. The van der Waals surface area contributed by atoms with Crippen LogP contribution in [0.15, 0.2) is 6.07 Å². The number of hydrogen-bond donors (Lipinski definition) is 1. The first-order chi connectivity index (χ1) is 7.70. The highest BCUT2D eigenvalue weighted by Gasteiger charge is 2.41. The number of fused-ring (bicyclic) bond motifs is 2. The summed E-state index contributed by atoms with van der Waals surface area (Å²) in [5.41, 5.74) is 1.53. The number of hydrogen-bond acceptors (Lipinski definition) is 3. The van der Waals surface area contributed by atoms with Crippen LogP contribution in [0.25, 0.3) is 0 Å². The normalized spacial score (nSPS) is 34.0. The Morgan fingerprint density at radius 1 is 1.56 bits per heavy atom. The summed E-state index contributed by atoms with van der Waals surface area (Å²) in [5, 5.41) is 3.51. The van der Waals surface area contributed by atoms with Gasteiger partial charge >= 0.3 is 0 Å². The summed E-state index contributed by atoms with van der Waals surface area (Å²) in [7, 11) is 0. The van der Waals surface area contributed by atoms with Crippen molar-refractivity contribution in [2.75, 3.05) is 13.2 Å². The second-order valence-electron chi connectivity index (χ2n) is 5.10. The van der Waals surface area contributed by atoms with Gasteiger partial charge in [0.25, 0.3) is 0 Å². The van der Waals surface area contributed by atoms with Gasteiger partial charge < -0.3 is 10.1 Å². The molecule has 1 fully saturated rings. The van der Waals surface area contributed by atoms with Gasteiger partial charge in [-0.05, 0) is 44.9 Å². The average Bonchev–Trinajstić information content (AvgIpc) is 2.60. The standard InChI is InChI=1S/C13H19NOS/c1-9-8-13(4-5-14-9)11-7-10(2)16-12(11)3-6-15-13/h7,9,14H,3-6,8H2,1-2H3/t9-,13-/m0/s1. The van der Waals surface area contributed by atoms with Crippen LogP contribution in [0, 0.1) is 6.92 Å². The Morgan fingerprint density at radius 2 is 2.44 bits per heavy atom. The van der Waals surface area contributed by atoms with E-state index in [0.717, 1.165) is 32.4 Å². The van der Waals surface area contributed by atoms with Gasteiger partial charge in [-0.2, -0.15) is 0 Å². The second kappa shape index (κ2) is 3.83. The van der Waals surface area contributed by atoms with E-state index in [-0.39, 0.29) is 5.60 Å². The van der Waals surface area contributed by atoms with E-state index in [2.05, 4.69) is 25.2 Å². The molecular formula is C13H19NOS. The summed E-state index contributed by atoms with van der Waals surface area (Å²) in [6, 6.07) is 2.93. The molecule has 1 aromatic rings. The molecule has 0 aromatic carbocycles. The molecule has 2 aliphatic rings. The fourth-order valence-corrected chi connectivity index (χ4v) is 4.22. The Labute approximate surface area is 101 Å². The SMILES string of the molecule is Cc1cc2c(s1)CCO[C@]21CCN[C@@H](C)C1. The van der Waals surface area contributed by atoms with Gasteiger partial charge in [0, 0.05) is 22.2 Å². The average molecular weight is 237 g/mol. The van der Waals surface area contributed by atoms with Crippen LogP contribution in [0.1, 0.15) is 35.1 Å². The van der Waals surface area contributed by atoms with Crippen LogP contribution < -0.4 is 5.32 Å². The Kier molecular flexibility index (Phi) is 2.57. The van der Waals surface area contributed by atoms with Gasteiger partial charge in [0.15, 0.2) is 0 Å². The third-order valence-electron chi connectivity index (χ3n) is 3.79. The van der Waals surface area contributed by atoms with Gasteiger partial charge in [-0.25, -0.2) is 0 Å². The second-order valence-corrected chi connectivity index (χ2v) is 6.44. The fourth-order valence-electron chi connectivity index (χ4n) is 3.12. The van der Waals surface area contributed by atoms with Crippen molar-refractivity contribution in [3.05, 3.63) is 21.4 Å². The van der Waals surface area contributed by atoms with Crippen LogP contribution >= 0.6 is 11.3 Å². The lowest BCUT2D eigenvalue weighted by atomic mass is 9.80. The molecule has 16 heavy (non-hydrogen) atoms. The van der Waals surface area contributed by atoms with Crippen LogP contribution in [0.2, 0.25) is 0 Å². The lowest BCUT2D eigenvalue weighted by Crippen LogP contribution is -2.48. The van der Waals surface area contributed by atoms with Gasteiger partial charge in [-0.1, -0.05) is 0 Å². The highest BCUT2D eigenvalue weighted by atomic mass is 32.1. The van der Waals surface area contributed by atoms with Crippen LogP contribution in [-0.2, 0) is 16.8 Å². The number of thiophene rings is 1. The van der Waals surface area contributed by atoms with E-state index in [1.54, 1.807) is 4.88 Å². The predicted octanol–water partition coefficient (Wildman–Crippen LogP) is 2.60. The predicted molar refractivity (Wildman–Crippen MR) is 67.1 cm³/mol. The fraction of sp³-hybridized carbons (Fsp3) is 0.692. The summed E-state index contributed by atoms with van der Waals surface area (Å²) in [4.78, 5) is 3.00. The summed E-state index contributed by atoms with van der Waals surface area (Å²) in [6.45, 7) is 6.45. The van der Waals surface area contributed by atoms with Crippen LogP contribution in [-0.4, -0.2) is 19.2 Å². The van der Waals surface area contributed by atoms with E-state index in [1.807, 2.05) is 11.3 Å². The van der Waals surface area contributed by atoms with Crippen molar-refractivity contribution in [2.45, 2.75) is 44.8 Å². The third-order valence-corrected chi connectivity index (χ3v) is 4.90. The first kappa shape index (κ1) is 10.8. The van der Waals surface area contributed by atoms with Gasteiger partial charge in [-0.3, -0.25) is 0 Å². The Morgan fingerprint density at radius 3 is 3.25 bits per heavy atom. The largest absolute Gasteiger partial charge is 0.370 e. The van der Waals surface area contributed by atoms with Crippen molar-refractivity contribution < 1.29 is 4.74 Å². The Hall–Kier alpha value is -0.380. The lowest BCUT2D eigenvalue weighted by Gasteiger charge is -2.43. The molecule has 0 amide bonds. The number of piperidine rings is 1. The molecule has 88 valence electrons. The molecule has 2 atom stereocenters. The topological polar surface area (TPSA) is 21.3 Å². The van der Waals surface area contributed by atoms with E-state index in [4.69, 9.17) is 4.74 Å². The molecule has 1 aromatic heterocycles. The zero-order valence-corrected chi connectivity index (χ0v) is 10.8. The molecule has 0 aliphatic carbocycles. The van der Waals surface area contributed by atoms with E-state index < -0.39 is 0 Å². The van der Waals surface area contributed by atoms with Crippen molar-refractivity contribution in [1.29, 1.82) is 0 Å². The molecule has 2 aliphatic heterocycles. The summed E-state index contributed by atoms with van der Waals surface area (Å²) < 4.78 is 6.18. The van der Waals surface area contributed by atoms with Crippen LogP contribution in [0.4, 0.5) is 0 Å². The van der Waals surface area contributed by atoms with Gasteiger partial charge in [0.05, 0.1) is 12.2 Å². The van der Waals surface area contributed by atoms with E-state index >= 15 is 0 Å². The Bertz CT molecular complexity index is 401. The number of aryl methyl sites for hydroxylation is 1. The first-order valence-corrected chi connectivity index (χ1v) is 6.98. The zero-order valence-electron chi connectivity index (χ0n) is 10.0. The summed E-state index contributed by atoms with van der Waals surface area (Å²) in [6.07, 6.45) is 3.36. The van der Waals surface area contributed by atoms with Gasteiger partial charge in [0.1, 0.15) is 0 Å². The molecule has 3 rings (SSSR count). The molecule has 1 saturated heterocycles. The van der Waals surface area contributed by atoms with Crippen molar-refractivity contribution in [3.8, 4) is 0 Å². The minimum Gasteiger partial charge on any atom is -0.370 e. The van der Waals surface area contributed by atoms with Gasteiger partial charge in [-0.15, -0.1) is 11.3 Å². The minimum absolute atomic E-state index is 0.0308. The smallest absolute Gasteiger partial charge is 0.0969 e. The quantitative estimate of drug-likeness (QED) is 0.749. The molecule has 2 nitrogen and oxygen atoms in total. The first-order valence-electron chi connectivity index (χ1n) is 6.17. The molecular weight excluding hydrogens is 218 g/mol. The highest BCUT2D eigenvalue weighted by Crippen LogP contribution is 2.44. The molecule has 0 unspecified atom stereocenters. The lowest BCUT2D eigenvalue weighted by molar-refractivity contribution is -0.0870. The molecule has 3 heteroatoms. The highest BCUT2D eigenvalue weighted by molar-refractivity contribution is 7.12. The van der Waals surface area contributed by atoms with Crippen molar-refractivity contribution in [2.24, 2.45) is 0 Å². The maximum absolute atomic E-state index is 6.18. The zero-order chi connectivity index (χ0) is 11.2. The number of nitrogens with one attached hydrogen (secondary N) is 1. The van der Waals surface area contributed by atoms with Crippen LogP contribution in [0.5, 0.6) is 0 Å². The van der Waals surface area contributed by atoms with Crippen molar-refractivity contribution in [1.82, 2.24) is 5.32 Å². The maximum Gasteiger partial charge on any atom is 0.0969 e. The van der Waals surface area contributed by atoms with E-state index in [9.17, 15) is 0 Å². The Balaban J connectivity index is 2.02. The van der Waals surface area contributed by atoms with Gasteiger partial charge in [0.2, 0.25) is 0 Å². The van der Waals surface area contributed by atoms with Crippen molar-refractivity contribution in [3.63, 3.8) is 0 Å². The number of ether oxygens (including phenoxy) is 1. The maximum atomic E-state index is 6.18. The van der Waals surface area contributed by atoms with Crippen molar-refractivity contribution >= 4 is 11.3 Å². The summed E-state index contributed by atoms with van der Waals surface area (Å²) in [5.74, 6) is 0. The molecule has 1 N–H and O–H groups in total. The third kappa shape index (κ3) is 1.62. The number of rotatable bonds is 0. The molecule has 3 heterocycles. The van der Waals surface area contributed by atoms with Crippen LogP contribution in [0.3, 0.4) is 0 Å². The molecule has 1 spiro atoms.